The summed E-state index contributed by atoms with van der Waals surface area (Å²) >= 11 is 1.71. The van der Waals surface area contributed by atoms with Crippen LogP contribution in [0.25, 0.3) is 0 Å². The number of methoxy groups -OCH3 is 1. The average molecular weight is 454 g/mol. The van der Waals surface area contributed by atoms with E-state index in [2.05, 4.69) is 32.0 Å². The molecule has 1 unspecified atom stereocenters. The molecule has 1 aromatic carbocycles. The summed E-state index contributed by atoms with van der Waals surface area (Å²) in [5.74, 6) is 0.350. The summed E-state index contributed by atoms with van der Waals surface area (Å²) in [6.45, 7) is 2.44. The van der Waals surface area contributed by atoms with Crippen LogP contribution in [-0.4, -0.2) is 49.7 Å². The van der Waals surface area contributed by atoms with Crippen molar-refractivity contribution in [1.29, 1.82) is 0 Å². The standard InChI is InChI=1S/C23H27N5O3S/c1-24-9-8-19(20-7-4-12-32-20)31-15-16-5-3-6-17(13-16)28-11-10-25-21-18(22(28)29)14-26-23(27-21)30-2/h3-7,12-14,19,24H,8-11,15H2,1-2H3,(H,25,26,27). The number of ether oxygens (including phenoxy) is 2. The van der Waals surface area contributed by atoms with Crippen molar-refractivity contribution < 1.29 is 14.3 Å². The maximum Gasteiger partial charge on any atom is 0.318 e. The molecular weight excluding hydrogens is 426 g/mol. The number of carbonyl (C=O) groups excluding carboxylic acids is 1. The van der Waals surface area contributed by atoms with Gasteiger partial charge in [0.2, 0.25) is 0 Å². The van der Waals surface area contributed by atoms with Gasteiger partial charge in [0.25, 0.3) is 5.91 Å². The zero-order valence-corrected chi connectivity index (χ0v) is 19.0. The Labute approximate surface area is 191 Å². The van der Waals surface area contributed by atoms with E-state index in [-0.39, 0.29) is 18.0 Å². The number of rotatable bonds is 9. The normalized spacial score (nSPS) is 14.4. The van der Waals surface area contributed by atoms with Crippen molar-refractivity contribution in [2.45, 2.75) is 19.1 Å². The second-order valence-electron chi connectivity index (χ2n) is 7.38. The van der Waals surface area contributed by atoms with E-state index in [1.807, 2.05) is 37.4 Å². The minimum atomic E-state index is -0.142. The van der Waals surface area contributed by atoms with Gasteiger partial charge in [-0.25, -0.2) is 4.98 Å². The Balaban J connectivity index is 1.50. The topological polar surface area (TPSA) is 88.6 Å². The Morgan fingerprint density at radius 3 is 3.00 bits per heavy atom. The average Bonchev–Trinajstić information content (AvgIpc) is 3.31. The fourth-order valence-corrected chi connectivity index (χ4v) is 4.41. The Hall–Kier alpha value is -3.01. The van der Waals surface area contributed by atoms with E-state index in [1.165, 1.54) is 18.2 Å². The van der Waals surface area contributed by atoms with Crippen LogP contribution in [0.1, 0.15) is 33.3 Å². The third-order valence-corrected chi connectivity index (χ3v) is 6.21. The second kappa shape index (κ2) is 10.5. The molecule has 0 aliphatic carbocycles. The fourth-order valence-electron chi connectivity index (χ4n) is 3.60. The van der Waals surface area contributed by atoms with Crippen molar-refractivity contribution in [3.8, 4) is 6.01 Å². The van der Waals surface area contributed by atoms with Crippen molar-refractivity contribution >= 4 is 28.7 Å². The lowest BCUT2D eigenvalue weighted by molar-refractivity contribution is 0.0367. The number of amides is 1. The van der Waals surface area contributed by atoms with E-state index in [0.29, 0.717) is 31.1 Å². The number of anilines is 2. The van der Waals surface area contributed by atoms with Gasteiger partial charge in [-0.2, -0.15) is 4.98 Å². The van der Waals surface area contributed by atoms with Crippen LogP contribution in [0.3, 0.4) is 0 Å². The van der Waals surface area contributed by atoms with Gasteiger partial charge in [0, 0.05) is 29.9 Å². The highest BCUT2D eigenvalue weighted by Crippen LogP contribution is 2.28. The van der Waals surface area contributed by atoms with Gasteiger partial charge >= 0.3 is 6.01 Å². The Bertz CT molecular complexity index is 1040. The van der Waals surface area contributed by atoms with Crippen molar-refractivity contribution in [3.63, 3.8) is 0 Å². The number of thiophene rings is 1. The van der Waals surface area contributed by atoms with E-state index in [9.17, 15) is 4.79 Å². The summed E-state index contributed by atoms with van der Waals surface area (Å²) in [4.78, 5) is 24.6. The smallest absolute Gasteiger partial charge is 0.318 e. The van der Waals surface area contributed by atoms with Crippen molar-refractivity contribution in [3.05, 3.63) is 64.0 Å². The molecule has 4 rings (SSSR count). The Kier molecular flexibility index (Phi) is 7.31. The number of hydrogen-bond donors (Lipinski definition) is 2. The maximum atomic E-state index is 13.2. The number of nitrogens with one attached hydrogen (secondary N) is 2. The van der Waals surface area contributed by atoms with Gasteiger partial charge in [-0.05, 0) is 49.2 Å². The predicted octanol–water partition coefficient (Wildman–Crippen LogP) is 3.49. The first-order chi connectivity index (χ1) is 15.7. The number of fused-ring (bicyclic) bond motifs is 1. The molecule has 1 atom stereocenters. The monoisotopic (exact) mass is 453 g/mol. The highest BCUT2D eigenvalue weighted by atomic mass is 32.1. The third kappa shape index (κ3) is 5.07. The predicted molar refractivity (Wildman–Crippen MR) is 126 cm³/mol. The molecule has 32 heavy (non-hydrogen) atoms. The van der Waals surface area contributed by atoms with Crippen LogP contribution in [0.5, 0.6) is 6.01 Å². The SMILES string of the molecule is CNCCC(OCc1cccc(N2CCNc3nc(OC)ncc3C2=O)c1)c1cccs1. The molecule has 0 spiro atoms. The first-order valence-electron chi connectivity index (χ1n) is 10.5. The van der Waals surface area contributed by atoms with E-state index in [1.54, 1.807) is 16.2 Å². The van der Waals surface area contributed by atoms with Gasteiger partial charge in [0.15, 0.2) is 0 Å². The van der Waals surface area contributed by atoms with E-state index < -0.39 is 0 Å². The van der Waals surface area contributed by atoms with Crippen molar-refractivity contribution in [2.24, 2.45) is 0 Å². The molecule has 0 saturated carbocycles. The molecule has 1 aliphatic heterocycles. The second-order valence-corrected chi connectivity index (χ2v) is 8.36. The van der Waals surface area contributed by atoms with Crippen LogP contribution in [-0.2, 0) is 11.3 Å². The number of benzene rings is 1. The molecule has 0 fully saturated rings. The van der Waals surface area contributed by atoms with Crippen LogP contribution in [0, 0.1) is 0 Å². The van der Waals surface area contributed by atoms with Gasteiger partial charge in [-0.3, -0.25) is 4.79 Å². The summed E-state index contributed by atoms with van der Waals surface area (Å²) in [5.41, 5.74) is 2.27. The lowest BCUT2D eigenvalue weighted by Crippen LogP contribution is -2.32. The number of nitrogens with zero attached hydrogens (tertiary/aromatic N) is 3. The molecule has 3 heterocycles. The highest BCUT2D eigenvalue weighted by molar-refractivity contribution is 7.10. The highest BCUT2D eigenvalue weighted by Gasteiger charge is 2.25. The molecule has 0 saturated heterocycles. The van der Waals surface area contributed by atoms with Crippen LogP contribution >= 0.6 is 11.3 Å². The summed E-state index contributed by atoms with van der Waals surface area (Å²) in [6, 6.07) is 12.3. The van der Waals surface area contributed by atoms with Crippen molar-refractivity contribution in [1.82, 2.24) is 15.3 Å². The first kappa shape index (κ1) is 22.2. The molecule has 168 valence electrons. The minimum Gasteiger partial charge on any atom is -0.467 e. The summed E-state index contributed by atoms with van der Waals surface area (Å²) in [5, 5.41) is 8.46. The number of hydrogen-bond acceptors (Lipinski definition) is 8. The minimum absolute atomic E-state index is 0.0362. The molecule has 0 bridgehead atoms. The summed E-state index contributed by atoms with van der Waals surface area (Å²) in [6.07, 6.45) is 2.44. The van der Waals surface area contributed by atoms with Crippen molar-refractivity contribution in [2.75, 3.05) is 44.0 Å². The van der Waals surface area contributed by atoms with Gasteiger partial charge in [0.05, 0.1) is 19.8 Å². The maximum absolute atomic E-state index is 13.2. The lowest BCUT2D eigenvalue weighted by atomic mass is 10.1. The molecule has 3 aromatic rings. The largest absolute Gasteiger partial charge is 0.467 e. The zero-order chi connectivity index (χ0) is 22.3. The quantitative estimate of drug-likeness (QED) is 0.513. The Morgan fingerprint density at radius 2 is 2.22 bits per heavy atom. The first-order valence-corrected chi connectivity index (χ1v) is 11.4. The molecule has 2 N–H and O–H groups in total. The molecule has 9 heteroatoms. The molecule has 1 amide bonds. The summed E-state index contributed by atoms with van der Waals surface area (Å²) < 4.78 is 11.3. The Morgan fingerprint density at radius 1 is 1.31 bits per heavy atom. The zero-order valence-electron chi connectivity index (χ0n) is 18.2. The lowest BCUT2D eigenvalue weighted by Gasteiger charge is -2.22. The molecule has 2 aromatic heterocycles. The molecular formula is C23H27N5O3S. The van der Waals surface area contributed by atoms with Gasteiger partial charge in [-0.1, -0.05) is 18.2 Å². The van der Waals surface area contributed by atoms with Crippen LogP contribution in [0.2, 0.25) is 0 Å². The molecule has 8 nitrogen and oxygen atoms in total. The summed E-state index contributed by atoms with van der Waals surface area (Å²) in [7, 11) is 3.45. The van der Waals surface area contributed by atoms with E-state index in [0.717, 1.165) is 24.2 Å². The fraction of sp³-hybridized carbons (Fsp3) is 0.348. The van der Waals surface area contributed by atoms with E-state index in [4.69, 9.17) is 9.47 Å². The van der Waals surface area contributed by atoms with Crippen LogP contribution < -0.4 is 20.3 Å². The van der Waals surface area contributed by atoms with Gasteiger partial charge in [-0.15, -0.1) is 11.3 Å². The van der Waals surface area contributed by atoms with Gasteiger partial charge < -0.3 is 25.0 Å². The molecule has 1 aliphatic rings. The molecule has 0 radical (unpaired) electrons. The van der Waals surface area contributed by atoms with Crippen LogP contribution in [0.4, 0.5) is 11.5 Å². The number of aromatic nitrogens is 2. The van der Waals surface area contributed by atoms with Gasteiger partial charge in [0.1, 0.15) is 11.4 Å². The number of carbonyl (C=O) groups is 1. The third-order valence-electron chi connectivity index (χ3n) is 5.24. The van der Waals surface area contributed by atoms with E-state index >= 15 is 0 Å². The van der Waals surface area contributed by atoms with Crippen LogP contribution in [0.15, 0.2) is 48.0 Å².